The molecule has 1 N–H and O–H groups in total. The van der Waals surface area contributed by atoms with Crippen LogP contribution in [-0.4, -0.2) is 11.0 Å². The summed E-state index contributed by atoms with van der Waals surface area (Å²) in [6.45, 7) is 2.76. The third-order valence-corrected chi connectivity index (χ3v) is 2.84. The number of halogens is 1. The number of hydrogen-bond acceptors (Lipinski definition) is 2. The Bertz CT molecular complexity index is 485. The van der Waals surface area contributed by atoms with Crippen molar-refractivity contribution in [1.29, 1.82) is 0 Å². The lowest BCUT2D eigenvalue weighted by Crippen LogP contribution is -2.28. The predicted octanol–water partition coefficient (Wildman–Crippen LogP) is 2.94. The Morgan fingerprint density at radius 1 is 1.17 bits per heavy atom. The molecular weight excluding hydrogens is 227 g/mol. The molecule has 2 rings (SSSR count). The fourth-order valence-corrected chi connectivity index (χ4v) is 1.85. The number of nitrogens with zero attached hydrogens (tertiary/aromatic N) is 1. The van der Waals surface area contributed by atoms with Gasteiger partial charge in [-0.3, -0.25) is 4.98 Å². The lowest BCUT2D eigenvalue weighted by atomic mass is 10.1. The van der Waals surface area contributed by atoms with Crippen molar-refractivity contribution >= 4 is 0 Å². The average molecular weight is 244 g/mol. The van der Waals surface area contributed by atoms with Crippen molar-refractivity contribution in [3.8, 4) is 0 Å². The summed E-state index contributed by atoms with van der Waals surface area (Å²) in [7, 11) is 0. The van der Waals surface area contributed by atoms with Crippen LogP contribution in [0.2, 0.25) is 0 Å². The third kappa shape index (κ3) is 3.64. The molecule has 0 saturated heterocycles. The molecule has 18 heavy (non-hydrogen) atoms. The summed E-state index contributed by atoms with van der Waals surface area (Å²) in [5, 5.41) is 3.35. The first-order valence-corrected chi connectivity index (χ1v) is 6.12. The van der Waals surface area contributed by atoms with Gasteiger partial charge < -0.3 is 5.32 Å². The number of aromatic nitrogens is 1. The number of nitrogens with one attached hydrogen (secondary N) is 1. The average Bonchev–Trinajstić information content (AvgIpc) is 2.40. The molecule has 0 spiro atoms. The topological polar surface area (TPSA) is 24.9 Å². The van der Waals surface area contributed by atoms with Gasteiger partial charge in [-0.2, -0.15) is 0 Å². The van der Waals surface area contributed by atoms with Crippen LogP contribution in [0, 0.1) is 5.82 Å². The highest BCUT2D eigenvalue weighted by molar-refractivity contribution is 5.18. The van der Waals surface area contributed by atoms with Crippen molar-refractivity contribution in [2.75, 3.05) is 0 Å². The number of hydrogen-bond donors (Lipinski definition) is 1. The predicted molar refractivity (Wildman–Crippen MR) is 70.6 cm³/mol. The Morgan fingerprint density at radius 3 is 2.67 bits per heavy atom. The molecule has 0 bridgehead atoms. The molecule has 0 aliphatic carbocycles. The summed E-state index contributed by atoms with van der Waals surface area (Å²) in [6, 6.07) is 13.0. The van der Waals surface area contributed by atoms with E-state index >= 15 is 0 Å². The first-order chi connectivity index (χ1) is 8.75. The van der Waals surface area contributed by atoms with Crippen LogP contribution in [0.5, 0.6) is 0 Å². The smallest absolute Gasteiger partial charge is 0.126 e. The molecule has 3 heteroatoms. The van der Waals surface area contributed by atoms with Crippen molar-refractivity contribution < 1.29 is 4.39 Å². The van der Waals surface area contributed by atoms with Gasteiger partial charge in [0.25, 0.3) is 0 Å². The molecular formula is C15H17FN2. The zero-order chi connectivity index (χ0) is 12.8. The summed E-state index contributed by atoms with van der Waals surface area (Å²) in [6.07, 6.45) is 2.46. The van der Waals surface area contributed by atoms with Crippen LogP contribution in [0.1, 0.15) is 18.2 Å². The highest BCUT2D eigenvalue weighted by atomic mass is 19.1. The van der Waals surface area contributed by atoms with E-state index in [0.717, 1.165) is 11.3 Å². The van der Waals surface area contributed by atoms with Gasteiger partial charge in [-0.1, -0.05) is 24.3 Å². The van der Waals surface area contributed by atoms with E-state index in [1.54, 1.807) is 12.3 Å². The van der Waals surface area contributed by atoms with Crippen molar-refractivity contribution in [3.05, 3.63) is 65.7 Å². The molecule has 1 heterocycles. The van der Waals surface area contributed by atoms with Crippen molar-refractivity contribution in [2.45, 2.75) is 25.9 Å². The molecule has 2 nitrogen and oxygen atoms in total. The minimum absolute atomic E-state index is 0.135. The van der Waals surface area contributed by atoms with Crippen LogP contribution in [0.15, 0.2) is 48.7 Å². The number of pyridine rings is 1. The Kier molecular flexibility index (Phi) is 4.42. The summed E-state index contributed by atoms with van der Waals surface area (Å²) >= 11 is 0. The first kappa shape index (κ1) is 12.7. The Labute approximate surface area is 107 Å². The molecule has 0 aliphatic rings. The van der Waals surface area contributed by atoms with E-state index < -0.39 is 0 Å². The summed E-state index contributed by atoms with van der Waals surface area (Å²) in [5.41, 5.74) is 1.75. The molecule has 1 atom stereocenters. The van der Waals surface area contributed by atoms with Crippen LogP contribution in [0.3, 0.4) is 0 Å². The van der Waals surface area contributed by atoms with Gasteiger partial charge in [-0.25, -0.2) is 4.39 Å². The summed E-state index contributed by atoms with van der Waals surface area (Å²) < 4.78 is 13.5. The lowest BCUT2D eigenvalue weighted by molar-refractivity contribution is 0.522. The highest BCUT2D eigenvalue weighted by Gasteiger charge is 2.07. The molecule has 1 aromatic heterocycles. The van der Waals surface area contributed by atoms with Gasteiger partial charge >= 0.3 is 0 Å². The fourth-order valence-electron chi connectivity index (χ4n) is 1.85. The number of benzene rings is 1. The van der Waals surface area contributed by atoms with E-state index in [9.17, 15) is 4.39 Å². The Hall–Kier alpha value is -1.74. The van der Waals surface area contributed by atoms with Crippen molar-refractivity contribution in [2.24, 2.45) is 0 Å². The summed E-state index contributed by atoms with van der Waals surface area (Å²) in [5.74, 6) is -0.135. The third-order valence-electron chi connectivity index (χ3n) is 2.84. The quantitative estimate of drug-likeness (QED) is 0.874. The molecule has 0 saturated carbocycles. The zero-order valence-corrected chi connectivity index (χ0v) is 10.4. The van der Waals surface area contributed by atoms with Gasteiger partial charge in [0, 0.05) is 18.8 Å². The van der Waals surface area contributed by atoms with Gasteiger partial charge in [0.2, 0.25) is 0 Å². The fraction of sp³-hybridized carbons (Fsp3) is 0.267. The van der Waals surface area contributed by atoms with Crippen molar-refractivity contribution in [3.63, 3.8) is 0 Å². The number of rotatable bonds is 5. The van der Waals surface area contributed by atoms with Gasteiger partial charge in [-0.05, 0) is 37.1 Å². The van der Waals surface area contributed by atoms with E-state index in [1.165, 1.54) is 6.07 Å². The van der Waals surface area contributed by atoms with Crippen LogP contribution >= 0.6 is 0 Å². The van der Waals surface area contributed by atoms with Crippen LogP contribution in [-0.2, 0) is 13.0 Å². The second kappa shape index (κ2) is 6.26. The largest absolute Gasteiger partial charge is 0.308 e. The molecule has 0 fully saturated rings. The van der Waals surface area contributed by atoms with Gasteiger partial charge in [0.1, 0.15) is 5.82 Å². The monoisotopic (exact) mass is 244 g/mol. The van der Waals surface area contributed by atoms with Crippen LogP contribution < -0.4 is 5.32 Å². The normalized spacial score (nSPS) is 12.3. The SMILES string of the molecule is C[C@H](Cc1ccccc1F)NCc1ccccn1. The van der Waals surface area contributed by atoms with Crippen molar-refractivity contribution in [1.82, 2.24) is 10.3 Å². The maximum atomic E-state index is 13.5. The molecule has 0 unspecified atom stereocenters. The Morgan fingerprint density at radius 2 is 1.94 bits per heavy atom. The van der Waals surface area contributed by atoms with Gasteiger partial charge in [-0.15, -0.1) is 0 Å². The molecule has 1 aromatic carbocycles. The maximum absolute atomic E-state index is 13.5. The van der Waals surface area contributed by atoms with Gasteiger partial charge in [0.05, 0.1) is 5.69 Å². The lowest BCUT2D eigenvalue weighted by Gasteiger charge is -2.14. The first-order valence-electron chi connectivity index (χ1n) is 6.12. The highest BCUT2D eigenvalue weighted by Crippen LogP contribution is 2.09. The standard InChI is InChI=1S/C15H17FN2/c1-12(10-13-6-2-3-8-15(13)16)18-11-14-7-4-5-9-17-14/h2-9,12,18H,10-11H2,1H3/t12-/m1/s1. The second-order valence-corrected chi connectivity index (χ2v) is 4.40. The molecule has 94 valence electrons. The van der Waals surface area contributed by atoms with E-state index in [0.29, 0.717) is 13.0 Å². The van der Waals surface area contributed by atoms with E-state index in [4.69, 9.17) is 0 Å². The van der Waals surface area contributed by atoms with E-state index in [2.05, 4.69) is 17.2 Å². The molecule has 2 aromatic rings. The minimum atomic E-state index is -0.135. The molecule has 0 amide bonds. The summed E-state index contributed by atoms with van der Waals surface area (Å²) in [4.78, 5) is 4.24. The minimum Gasteiger partial charge on any atom is -0.308 e. The van der Waals surface area contributed by atoms with E-state index in [1.807, 2.05) is 30.3 Å². The Balaban J connectivity index is 1.86. The van der Waals surface area contributed by atoms with Crippen LogP contribution in [0.25, 0.3) is 0 Å². The second-order valence-electron chi connectivity index (χ2n) is 4.40. The van der Waals surface area contributed by atoms with E-state index in [-0.39, 0.29) is 11.9 Å². The molecule has 0 radical (unpaired) electrons. The molecule has 0 aliphatic heterocycles. The van der Waals surface area contributed by atoms with Crippen LogP contribution in [0.4, 0.5) is 4.39 Å². The van der Waals surface area contributed by atoms with Gasteiger partial charge in [0.15, 0.2) is 0 Å². The zero-order valence-electron chi connectivity index (χ0n) is 10.4. The maximum Gasteiger partial charge on any atom is 0.126 e.